The lowest BCUT2D eigenvalue weighted by atomic mass is 10.0. The Morgan fingerprint density at radius 1 is 1.12 bits per heavy atom. The Morgan fingerprint density at radius 3 is 2.80 bits per heavy atom. The number of rotatable bonds is 4. The lowest BCUT2D eigenvalue weighted by Crippen LogP contribution is -2.03. The zero-order valence-electron chi connectivity index (χ0n) is 13.8. The SMILES string of the molecule is CCOc1ccccc1/C=C1/C(=O)Nc2cc(-c3ccsc3)ccc21. The monoisotopic (exact) mass is 347 g/mol. The highest BCUT2D eigenvalue weighted by Gasteiger charge is 2.24. The molecule has 124 valence electrons. The van der Waals surface area contributed by atoms with Crippen LogP contribution in [-0.2, 0) is 4.79 Å². The van der Waals surface area contributed by atoms with Gasteiger partial charge in [-0.05, 0) is 53.1 Å². The third kappa shape index (κ3) is 2.96. The molecule has 0 fully saturated rings. The first-order valence-corrected chi connectivity index (χ1v) is 9.12. The number of nitrogens with one attached hydrogen (secondary N) is 1. The highest BCUT2D eigenvalue weighted by molar-refractivity contribution is 7.08. The molecule has 1 aromatic heterocycles. The fourth-order valence-corrected chi connectivity index (χ4v) is 3.65. The van der Waals surface area contributed by atoms with Gasteiger partial charge in [0.25, 0.3) is 5.91 Å². The van der Waals surface area contributed by atoms with Crippen molar-refractivity contribution in [3.8, 4) is 16.9 Å². The van der Waals surface area contributed by atoms with Gasteiger partial charge in [-0.3, -0.25) is 4.79 Å². The first kappa shape index (κ1) is 15.7. The van der Waals surface area contributed by atoms with Crippen LogP contribution >= 0.6 is 11.3 Å². The van der Waals surface area contributed by atoms with Crippen molar-refractivity contribution < 1.29 is 9.53 Å². The minimum Gasteiger partial charge on any atom is -0.493 e. The van der Waals surface area contributed by atoms with E-state index in [1.807, 2.05) is 49.4 Å². The summed E-state index contributed by atoms with van der Waals surface area (Å²) >= 11 is 1.66. The normalized spacial score (nSPS) is 14.4. The van der Waals surface area contributed by atoms with Gasteiger partial charge in [-0.25, -0.2) is 0 Å². The number of fused-ring (bicyclic) bond motifs is 1. The molecule has 25 heavy (non-hydrogen) atoms. The average Bonchev–Trinajstić information content (AvgIpc) is 3.25. The number of hydrogen-bond donors (Lipinski definition) is 1. The van der Waals surface area contributed by atoms with E-state index in [1.54, 1.807) is 11.3 Å². The summed E-state index contributed by atoms with van der Waals surface area (Å²) in [5, 5.41) is 7.13. The minimum atomic E-state index is -0.0798. The van der Waals surface area contributed by atoms with Gasteiger partial charge < -0.3 is 10.1 Å². The molecule has 4 rings (SSSR count). The number of anilines is 1. The van der Waals surface area contributed by atoms with Gasteiger partial charge in [0.2, 0.25) is 0 Å². The standard InChI is InChI=1S/C21H17NO2S/c1-2-24-20-6-4-3-5-15(20)11-18-17-8-7-14(16-9-10-25-13-16)12-19(17)22-21(18)23/h3-13H,2H2,1H3,(H,22,23)/b18-11+. The first-order chi connectivity index (χ1) is 12.3. The van der Waals surface area contributed by atoms with Crippen LogP contribution in [0.5, 0.6) is 5.75 Å². The van der Waals surface area contributed by atoms with E-state index in [-0.39, 0.29) is 5.91 Å². The lowest BCUT2D eigenvalue weighted by Gasteiger charge is -2.07. The third-order valence-electron chi connectivity index (χ3n) is 4.18. The predicted molar refractivity (Wildman–Crippen MR) is 104 cm³/mol. The Bertz CT molecular complexity index is 958. The van der Waals surface area contributed by atoms with Crippen LogP contribution in [0.3, 0.4) is 0 Å². The molecular weight excluding hydrogens is 330 g/mol. The molecule has 0 bridgehead atoms. The molecule has 3 aromatic rings. The molecule has 0 unspecified atom stereocenters. The van der Waals surface area contributed by atoms with Crippen molar-refractivity contribution in [3.05, 3.63) is 70.4 Å². The van der Waals surface area contributed by atoms with Crippen LogP contribution in [-0.4, -0.2) is 12.5 Å². The third-order valence-corrected chi connectivity index (χ3v) is 4.86. The average molecular weight is 347 g/mol. The number of ether oxygens (including phenoxy) is 1. The summed E-state index contributed by atoms with van der Waals surface area (Å²) in [5.41, 5.74) is 5.63. The van der Waals surface area contributed by atoms with Gasteiger partial charge >= 0.3 is 0 Å². The Kier molecular flexibility index (Phi) is 4.12. The molecule has 1 N–H and O–H groups in total. The number of amides is 1. The number of carbonyl (C=O) groups excluding carboxylic acids is 1. The van der Waals surface area contributed by atoms with Gasteiger partial charge in [0.15, 0.2) is 0 Å². The van der Waals surface area contributed by atoms with E-state index in [0.717, 1.165) is 28.1 Å². The van der Waals surface area contributed by atoms with Crippen molar-refractivity contribution in [2.24, 2.45) is 0 Å². The molecule has 3 nitrogen and oxygen atoms in total. The maximum absolute atomic E-state index is 12.5. The molecule has 0 spiro atoms. The zero-order valence-corrected chi connectivity index (χ0v) is 14.6. The largest absolute Gasteiger partial charge is 0.493 e. The highest BCUT2D eigenvalue weighted by Crippen LogP contribution is 2.37. The summed E-state index contributed by atoms with van der Waals surface area (Å²) in [6.07, 6.45) is 1.90. The van der Waals surface area contributed by atoms with E-state index in [9.17, 15) is 4.79 Å². The van der Waals surface area contributed by atoms with Crippen LogP contribution in [0.15, 0.2) is 59.3 Å². The maximum atomic E-state index is 12.5. The number of carbonyl (C=O) groups is 1. The quantitative estimate of drug-likeness (QED) is 0.650. The van der Waals surface area contributed by atoms with Crippen LogP contribution in [0, 0.1) is 0 Å². The summed E-state index contributed by atoms with van der Waals surface area (Å²) in [4.78, 5) is 12.5. The van der Waals surface area contributed by atoms with Crippen molar-refractivity contribution in [1.29, 1.82) is 0 Å². The molecule has 0 saturated carbocycles. The van der Waals surface area contributed by atoms with Gasteiger partial charge in [-0.15, -0.1) is 0 Å². The number of thiophene rings is 1. The van der Waals surface area contributed by atoms with Crippen LogP contribution in [0.4, 0.5) is 5.69 Å². The van der Waals surface area contributed by atoms with Crippen molar-refractivity contribution in [2.75, 3.05) is 11.9 Å². The second-order valence-electron chi connectivity index (χ2n) is 5.76. The topological polar surface area (TPSA) is 38.3 Å². The highest BCUT2D eigenvalue weighted by atomic mass is 32.1. The van der Waals surface area contributed by atoms with E-state index >= 15 is 0 Å². The fraction of sp³-hybridized carbons (Fsp3) is 0.0952. The Balaban J connectivity index is 1.75. The Morgan fingerprint density at radius 2 is 2.00 bits per heavy atom. The van der Waals surface area contributed by atoms with Crippen molar-refractivity contribution in [2.45, 2.75) is 6.92 Å². The van der Waals surface area contributed by atoms with Crippen LogP contribution < -0.4 is 10.1 Å². The van der Waals surface area contributed by atoms with Gasteiger partial charge in [0, 0.05) is 22.4 Å². The Labute approximate surface area is 150 Å². The molecule has 2 heterocycles. The second-order valence-corrected chi connectivity index (χ2v) is 6.54. The van der Waals surface area contributed by atoms with Crippen molar-refractivity contribution in [1.82, 2.24) is 0 Å². The van der Waals surface area contributed by atoms with Crippen LogP contribution in [0.1, 0.15) is 18.1 Å². The van der Waals surface area contributed by atoms with Crippen molar-refractivity contribution >= 4 is 34.6 Å². The lowest BCUT2D eigenvalue weighted by molar-refractivity contribution is -0.110. The number of benzene rings is 2. The van der Waals surface area contributed by atoms with Crippen LogP contribution in [0.25, 0.3) is 22.8 Å². The Hall–Kier alpha value is -2.85. The van der Waals surface area contributed by atoms with E-state index in [4.69, 9.17) is 4.74 Å². The van der Waals surface area contributed by atoms with Crippen LogP contribution in [0.2, 0.25) is 0 Å². The molecule has 1 aliphatic rings. The van der Waals surface area contributed by atoms with E-state index < -0.39 is 0 Å². The fourth-order valence-electron chi connectivity index (χ4n) is 2.99. The smallest absolute Gasteiger partial charge is 0.256 e. The van der Waals surface area contributed by atoms with Gasteiger partial charge in [-0.1, -0.05) is 30.3 Å². The second kappa shape index (κ2) is 6.57. The molecule has 0 atom stereocenters. The summed E-state index contributed by atoms with van der Waals surface area (Å²) < 4.78 is 5.66. The summed E-state index contributed by atoms with van der Waals surface area (Å²) in [7, 11) is 0. The predicted octanol–water partition coefficient (Wildman–Crippen LogP) is 5.31. The van der Waals surface area contributed by atoms with Gasteiger partial charge in [0.1, 0.15) is 5.75 Å². The molecular formula is C21H17NO2S. The van der Waals surface area contributed by atoms with E-state index in [2.05, 4.69) is 28.2 Å². The summed E-state index contributed by atoms with van der Waals surface area (Å²) in [6.45, 7) is 2.54. The number of hydrogen-bond acceptors (Lipinski definition) is 3. The molecule has 2 aromatic carbocycles. The van der Waals surface area contributed by atoms with E-state index in [0.29, 0.717) is 12.2 Å². The maximum Gasteiger partial charge on any atom is 0.256 e. The van der Waals surface area contributed by atoms with Gasteiger partial charge in [-0.2, -0.15) is 11.3 Å². The molecule has 1 amide bonds. The summed E-state index contributed by atoms with van der Waals surface area (Å²) in [5.74, 6) is 0.706. The molecule has 0 saturated heterocycles. The zero-order chi connectivity index (χ0) is 17.2. The van der Waals surface area contributed by atoms with Gasteiger partial charge in [0.05, 0.1) is 6.61 Å². The minimum absolute atomic E-state index is 0.0798. The van der Waals surface area contributed by atoms with Crippen molar-refractivity contribution in [3.63, 3.8) is 0 Å². The number of para-hydroxylation sites is 1. The molecule has 1 aliphatic heterocycles. The molecule has 0 radical (unpaired) electrons. The molecule has 0 aliphatic carbocycles. The molecule has 4 heteroatoms. The first-order valence-electron chi connectivity index (χ1n) is 8.18. The van der Waals surface area contributed by atoms with E-state index in [1.165, 1.54) is 5.56 Å². The summed E-state index contributed by atoms with van der Waals surface area (Å²) in [6, 6.07) is 15.9.